The van der Waals surface area contributed by atoms with Gasteiger partial charge in [0, 0.05) is 14.5 Å². The van der Waals surface area contributed by atoms with Crippen LogP contribution >= 0.6 is 45.8 Å². The number of amides is 4. The maximum atomic E-state index is 15.3. The minimum absolute atomic E-state index is 0.0383. The van der Waals surface area contributed by atoms with E-state index in [1.54, 1.807) is 48.5 Å². The van der Waals surface area contributed by atoms with Gasteiger partial charge in [-0.15, -0.1) is 0 Å². The lowest BCUT2D eigenvalue weighted by Crippen LogP contribution is -2.53. The number of aromatic hydroxyl groups is 1. The molecular formula is C39H29Cl2FIN3O6. The summed E-state index contributed by atoms with van der Waals surface area (Å²) < 4.78 is 20.3. The molecular weight excluding hydrogens is 823 g/mol. The van der Waals surface area contributed by atoms with Crippen LogP contribution in [0.2, 0.25) is 10.0 Å². The zero-order valence-corrected chi connectivity index (χ0v) is 31.0. The van der Waals surface area contributed by atoms with Gasteiger partial charge in [-0.05, 0) is 125 Å². The van der Waals surface area contributed by atoms with Crippen LogP contribution in [0.5, 0.6) is 11.5 Å². The van der Waals surface area contributed by atoms with Gasteiger partial charge in [0.25, 0.3) is 11.8 Å². The molecule has 2 N–H and O–H groups in total. The third-order valence-electron chi connectivity index (χ3n) is 10.9. The van der Waals surface area contributed by atoms with E-state index >= 15 is 4.79 Å². The molecule has 4 aromatic rings. The molecule has 0 aromatic heterocycles. The van der Waals surface area contributed by atoms with Crippen molar-refractivity contribution in [1.29, 1.82) is 0 Å². The molecule has 2 aliphatic carbocycles. The van der Waals surface area contributed by atoms with Gasteiger partial charge in [-0.25, -0.2) is 4.39 Å². The van der Waals surface area contributed by atoms with E-state index < -0.39 is 52.6 Å². The summed E-state index contributed by atoms with van der Waals surface area (Å²) in [4.78, 5) is 59.8. The molecule has 0 radical (unpaired) electrons. The van der Waals surface area contributed by atoms with Gasteiger partial charge >= 0.3 is 0 Å². The summed E-state index contributed by atoms with van der Waals surface area (Å²) in [6.07, 6.45) is 2.22. The predicted octanol–water partition coefficient (Wildman–Crippen LogP) is 7.64. The fraction of sp³-hybridized carbons (Fsp3) is 0.231. The van der Waals surface area contributed by atoms with E-state index in [1.165, 1.54) is 36.3 Å². The second kappa shape index (κ2) is 12.9. The van der Waals surface area contributed by atoms with E-state index in [2.05, 4.69) is 28.0 Å². The smallest absolute Gasteiger partial charge is 0.260 e. The third-order valence-corrected chi connectivity index (χ3v) is 12.2. The largest absolute Gasteiger partial charge is 0.503 e. The predicted molar refractivity (Wildman–Crippen MR) is 200 cm³/mol. The van der Waals surface area contributed by atoms with Gasteiger partial charge in [0.05, 0.1) is 46.7 Å². The molecule has 4 aliphatic rings. The Morgan fingerprint density at radius 1 is 0.904 bits per heavy atom. The van der Waals surface area contributed by atoms with Crippen LogP contribution in [-0.2, 0) is 24.6 Å². The molecule has 0 spiro atoms. The van der Waals surface area contributed by atoms with Crippen molar-refractivity contribution in [3.63, 3.8) is 0 Å². The number of methoxy groups -OCH3 is 1. The number of hydrogen-bond acceptors (Lipinski definition) is 7. The molecule has 2 saturated heterocycles. The lowest BCUT2D eigenvalue weighted by molar-refractivity contribution is -0.138. The van der Waals surface area contributed by atoms with Crippen molar-refractivity contribution in [3.8, 4) is 11.5 Å². The van der Waals surface area contributed by atoms with E-state index in [0.29, 0.717) is 33.1 Å². The third kappa shape index (κ3) is 5.14. The monoisotopic (exact) mass is 851 g/mol. The minimum Gasteiger partial charge on any atom is -0.503 e. The zero-order valence-electron chi connectivity index (χ0n) is 27.4. The Bertz CT molecular complexity index is 2200. The number of nitrogens with zero attached hydrogens (tertiary/aromatic N) is 2. The first-order valence-corrected chi connectivity index (χ1v) is 18.4. The summed E-state index contributed by atoms with van der Waals surface area (Å²) in [5, 5.41) is 12.1. The van der Waals surface area contributed by atoms with Crippen molar-refractivity contribution in [1.82, 2.24) is 5.01 Å². The van der Waals surface area contributed by atoms with Crippen LogP contribution in [0.3, 0.4) is 0 Å². The summed E-state index contributed by atoms with van der Waals surface area (Å²) >= 11 is 15.1. The van der Waals surface area contributed by atoms with Crippen LogP contribution in [0, 0.1) is 33.1 Å². The Kier molecular flexibility index (Phi) is 8.58. The molecule has 9 nitrogen and oxygen atoms in total. The number of phenolic OH excluding ortho intramolecular Hbond substituents is 1. The highest BCUT2D eigenvalue weighted by atomic mass is 127. The number of rotatable bonds is 6. The van der Waals surface area contributed by atoms with Gasteiger partial charge < -0.3 is 9.84 Å². The quantitative estimate of drug-likeness (QED) is 0.116. The lowest BCUT2D eigenvalue weighted by Gasteiger charge is -2.50. The Balaban J connectivity index is 1.35. The summed E-state index contributed by atoms with van der Waals surface area (Å²) in [7, 11) is 1.38. The normalized spacial score (nSPS) is 26.6. The number of fused-ring (bicyclic) bond motifs is 4. The average molecular weight is 852 g/mol. The fourth-order valence-electron chi connectivity index (χ4n) is 8.79. The maximum absolute atomic E-state index is 15.3. The SMILES string of the molecule is COc1cc([C@H]2C3=CC[C@@H]4C(=O)N(c5ccc(I)cc5)C(=O)[C@@H]4[C@@H]3C[C@H]3C(=O)N(Nc4ccc(F)cc4)C(=O)[C@@]23c2ccc(Cl)cc2)cc(Cl)c1O. The highest BCUT2D eigenvalue weighted by Gasteiger charge is 2.70. The number of hydrazine groups is 1. The fourth-order valence-corrected chi connectivity index (χ4v) is 9.50. The molecule has 2 heterocycles. The highest BCUT2D eigenvalue weighted by Crippen LogP contribution is 2.64. The highest BCUT2D eigenvalue weighted by molar-refractivity contribution is 14.1. The second-order valence-corrected chi connectivity index (χ2v) is 15.5. The van der Waals surface area contributed by atoms with E-state index in [4.69, 9.17) is 27.9 Å². The van der Waals surface area contributed by atoms with Gasteiger partial charge in [-0.2, -0.15) is 5.01 Å². The molecule has 264 valence electrons. The Morgan fingerprint density at radius 3 is 2.27 bits per heavy atom. The molecule has 1 saturated carbocycles. The van der Waals surface area contributed by atoms with Crippen LogP contribution in [0.25, 0.3) is 0 Å². The first kappa shape index (κ1) is 34.6. The van der Waals surface area contributed by atoms with Crippen LogP contribution in [0.1, 0.15) is 29.9 Å². The molecule has 4 aromatic carbocycles. The van der Waals surface area contributed by atoms with Crippen LogP contribution < -0.4 is 15.1 Å². The van der Waals surface area contributed by atoms with Gasteiger partial charge in [0.15, 0.2) is 11.5 Å². The number of allylic oxidation sites excluding steroid dienone is 2. The first-order valence-electron chi connectivity index (χ1n) is 16.5. The maximum Gasteiger partial charge on any atom is 0.260 e. The number of carbonyl (C=O) groups excluding carboxylic acids is 4. The number of benzene rings is 4. The number of anilines is 2. The van der Waals surface area contributed by atoms with Gasteiger partial charge in [0.2, 0.25) is 11.8 Å². The number of imide groups is 2. The summed E-state index contributed by atoms with van der Waals surface area (Å²) in [6, 6.07) is 22.2. The van der Waals surface area contributed by atoms with Crippen molar-refractivity contribution in [2.45, 2.75) is 24.2 Å². The van der Waals surface area contributed by atoms with E-state index in [9.17, 15) is 23.9 Å². The number of ether oxygens (including phenoxy) is 1. The minimum atomic E-state index is -1.61. The molecule has 6 atom stereocenters. The van der Waals surface area contributed by atoms with Crippen LogP contribution in [0.15, 0.2) is 96.6 Å². The first-order chi connectivity index (χ1) is 24.9. The van der Waals surface area contributed by atoms with Crippen molar-refractivity contribution in [2.24, 2.45) is 23.7 Å². The Labute approximate surface area is 321 Å². The Morgan fingerprint density at radius 2 is 1.60 bits per heavy atom. The molecule has 13 heteroatoms. The number of halogens is 4. The van der Waals surface area contributed by atoms with E-state index in [-0.39, 0.29) is 41.2 Å². The molecule has 3 fully saturated rings. The average Bonchev–Trinajstić information content (AvgIpc) is 3.51. The standard InChI is InChI=1S/C39H29Cl2FIN3O6/c1-52-31-17-19(16-30(41)34(31)47)33-26-14-15-27-32(37(50)45(35(27)48)25-12-8-23(43)9-13-25)28(26)18-29-36(49)46(44-24-10-6-22(42)7-11-24)38(51)39(29,33)20-2-4-21(40)5-3-20/h2-14,16-17,27-29,32-33,44,47H,15,18H2,1H3/t27-,28+,29-,32-,33-,39+/m0/s1. The Hall–Kier alpha value is -4.46. The zero-order chi connectivity index (χ0) is 36.6. The number of carbonyl (C=O) groups is 4. The van der Waals surface area contributed by atoms with Crippen LogP contribution in [0.4, 0.5) is 15.8 Å². The van der Waals surface area contributed by atoms with Crippen molar-refractivity contribution in [3.05, 3.63) is 127 Å². The number of phenols is 1. The summed E-state index contributed by atoms with van der Waals surface area (Å²) in [5.74, 6) is -6.65. The number of nitrogens with one attached hydrogen (secondary N) is 1. The summed E-state index contributed by atoms with van der Waals surface area (Å²) in [5.41, 5.74) is 3.74. The molecule has 2 aliphatic heterocycles. The molecule has 0 bridgehead atoms. The van der Waals surface area contributed by atoms with Gasteiger partial charge in [-0.1, -0.05) is 47.0 Å². The molecule has 52 heavy (non-hydrogen) atoms. The molecule has 0 unspecified atom stereocenters. The van der Waals surface area contributed by atoms with Crippen molar-refractivity contribution in [2.75, 3.05) is 17.4 Å². The van der Waals surface area contributed by atoms with Crippen LogP contribution in [-0.4, -0.2) is 40.9 Å². The topological polar surface area (TPSA) is 116 Å². The molecule has 8 rings (SSSR count). The lowest BCUT2D eigenvalue weighted by atomic mass is 9.49. The van der Waals surface area contributed by atoms with E-state index in [0.717, 1.165) is 8.58 Å². The van der Waals surface area contributed by atoms with Gasteiger partial charge in [0.1, 0.15) is 5.82 Å². The van der Waals surface area contributed by atoms with Crippen molar-refractivity contribution < 1.29 is 33.4 Å². The molecule has 4 amide bonds. The number of hydrogen-bond donors (Lipinski definition) is 2. The second-order valence-electron chi connectivity index (χ2n) is 13.4. The summed E-state index contributed by atoms with van der Waals surface area (Å²) in [6.45, 7) is 0. The van der Waals surface area contributed by atoms with Gasteiger partial charge in [-0.3, -0.25) is 29.5 Å². The van der Waals surface area contributed by atoms with E-state index in [1.807, 2.05) is 18.2 Å². The van der Waals surface area contributed by atoms with Crippen molar-refractivity contribution >= 4 is 80.8 Å².